The van der Waals surface area contributed by atoms with Crippen molar-refractivity contribution in [1.82, 2.24) is 5.32 Å². The van der Waals surface area contributed by atoms with E-state index in [4.69, 9.17) is 14.3 Å². The molecule has 0 spiro atoms. The minimum absolute atomic E-state index is 0.0320. The molecule has 0 bridgehead atoms. The van der Waals surface area contributed by atoms with Gasteiger partial charge in [-0.25, -0.2) is 0 Å². The zero-order chi connectivity index (χ0) is 17.6. The summed E-state index contributed by atoms with van der Waals surface area (Å²) in [4.78, 5) is 31.2. The Kier molecular flexibility index (Phi) is 6.13. The Morgan fingerprint density at radius 2 is 1.84 bits per heavy atom. The Bertz CT molecular complexity index is 804. The molecule has 0 fully saturated rings. The van der Waals surface area contributed by atoms with Crippen LogP contribution in [0.2, 0.25) is 0 Å². The van der Waals surface area contributed by atoms with Crippen LogP contribution in [0.4, 0.5) is 0 Å². The zero-order valence-electron chi connectivity index (χ0n) is 13.3. The molecule has 5 nitrogen and oxygen atoms in total. The van der Waals surface area contributed by atoms with Crippen molar-refractivity contribution in [2.75, 3.05) is 6.61 Å². The van der Waals surface area contributed by atoms with Gasteiger partial charge >= 0.3 is 8.60 Å². The molecule has 0 radical (unpaired) electrons. The molecular formula is C18H18NO4PS. The van der Waals surface area contributed by atoms with Gasteiger partial charge < -0.3 is 19.6 Å². The lowest BCUT2D eigenvalue weighted by Crippen LogP contribution is -2.39. The first-order valence-corrected chi connectivity index (χ1v) is 9.74. The Labute approximate surface area is 150 Å². The average molecular weight is 375 g/mol. The van der Waals surface area contributed by atoms with Gasteiger partial charge in [0, 0.05) is 4.70 Å². The molecule has 130 valence electrons. The van der Waals surface area contributed by atoms with Gasteiger partial charge in [0.05, 0.1) is 17.5 Å². The number of hydrogen-bond donors (Lipinski definition) is 3. The molecule has 0 aliphatic heterocycles. The van der Waals surface area contributed by atoms with E-state index in [0.29, 0.717) is 11.3 Å². The summed E-state index contributed by atoms with van der Waals surface area (Å²) in [5.41, 5.74) is 1.04. The van der Waals surface area contributed by atoms with E-state index in [9.17, 15) is 4.79 Å². The van der Waals surface area contributed by atoms with Crippen molar-refractivity contribution in [3.05, 3.63) is 71.1 Å². The molecule has 0 saturated heterocycles. The first-order valence-electron chi connectivity index (χ1n) is 7.76. The van der Waals surface area contributed by atoms with Crippen LogP contribution in [0.1, 0.15) is 15.2 Å². The molecule has 1 heterocycles. The zero-order valence-corrected chi connectivity index (χ0v) is 15.0. The Hall–Kier alpha value is -1.82. The molecule has 1 amide bonds. The molecule has 1 aromatic heterocycles. The van der Waals surface area contributed by atoms with Crippen LogP contribution in [0.5, 0.6) is 0 Å². The van der Waals surface area contributed by atoms with Gasteiger partial charge in [0.2, 0.25) is 0 Å². The lowest BCUT2D eigenvalue weighted by atomic mass is 10.1. The minimum Gasteiger partial charge on any atom is -0.346 e. The summed E-state index contributed by atoms with van der Waals surface area (Å²) in [6.45, 7) is 0.0320. The van der Waals surface area contributed by atoms with E-state index in [1.807, 2.05) is 60.7 Å². The van der Waals surface area contributed by atoms with Crippen molar-refractivity contribution in [3.8, 4) is 0 Å². The summed E-state index contributed by atoms with van der Waals surface area (Å²) in [6.07, 6.45) is 0.542. The normalized spacial score (nSPS) is 12.4. The lowest BCUT2D eigenvalue weighted by molar-refractivity contribution is 0.0921. The molecule has 3 aromatic rings. The topological polar surface area (TPSA) is 78.8 Å². The maximum Gasteiger partial charge on any atom is 0.327 e. The Morgan fingerprint density at radius 3 is 2.56 bits per heavy atom. The van der Waals surface area contributed by atoms with Crippen LogP contribution in [0.3, 0.4) is 0 Å². The fourth-order valence-electron chi connectivity index (χ4n) is 2.56. The van der Waals surface area contributed by atoms with E-state index in [2.05, 4.69) is 5.32 Å². The number of carbonyl (C=O) groups is 1. The van der Waals surface area contributed by atoms with Gasteiger partial charge in [-0.1, -0.05) is 48.5 Å². The number of thiophene rings is 1. The van der Waals surface area contributed by atoms with Crippen LogP contribution in [-0.4, -0.2) is 28.3 Å². The maximum absolute atomic E-state index is 12.6. The molecule has 3 N–H and O–H groups in total. The van der Waals surface area contributed by atoms with Crippen molar-refractivity contribution in [2.24, 2.45) is 0 Å². The largest absolute Gasteiger partial charge is 0.346 e. The van der Waals surface area contributed by atoms with E-state index in [0.717, 1.165) is 15.6 Å². The second kappa shape index (κ2) is 8.52. The van der Waals surface area contributed by atoms with Crippen LogP contribution < -0.4 is 5.32 Å². The van der Waals surface area contributed by atoms with Crippen molar-refractivity contribution >= 4 is 35.9 Å². The minimum atomic E-state index is -2.45. The number of fused-ring (bicyclic) bond motifs is 1. The average Bonchev–Trinajstić information content (AvgIpc) is 3.05. The number of rotatable bonds is 7. The highest BCUT2D eigenvalue weighted by molar-refractivity contribution is 7.39. The number of benzene rings is 2. The third-order valence-electron chi connectivity index (χ3n) is 3.70. The quantitative estimate of drug-likeness (QED) is 0.553. The highest BCUT2D eigenvalue weighted by Crippen LogP contribution is 2.26. The van der Waals surface area contributed by atoms with Gasteiger partial charge in [0.1, 0.15) is 0 Å². The molecule has 1 unspecified atom stereocenters. The van der Waals surface area contributed by atoms with Gasteiger partial charge in [0.15, 0.2) is 0 Å². The van der Waals surface area contributed by atoms with Crippen molar-refractivity contribution in [1.29, 1.82) is 0 Å². The number of nitrogens with one attached hydrogen (secondary N) is 1. The number of carbonyl (C=O) groups excluding carboxylic acids is 1. The second-order valence-corrected chi connectivity index (χ2v) is 7.40. The van der Waals surface area contributed by atoms with E-state index in [1.165, 1.54) is 11.3 Å². The monoisotopic (exact) mass is 375 g/mol. The molecule has 7 heteroatoms. The summed E-state index contributed by atoms with van der Waals surface area (Å²) >= 11 is 1.43. The van der Waals surface area contributed by atoms with Crippen LogP contribution in [-0.2, 0) is 10.9 Å². The predicted octanol–water partition coefficient (Wildman–Crippen LogP) is 3.47. The first kappa shape index (κ1) is 18.0. The molecule has 1 atom stereocenters. The standard InChI is InChI=1S/C18H18NO4PS/c20-18(17-11-14-8-4-5-9-16(14)25-17)19-15(12-23-24(21)22)10-13-6-2-1-3-7-13/h1-9,11,15,21-22H,10,12H2,(H,19,20). The van der Waals surface area contributed by atoms with Crippen LogP contribution >= 0.6 is 19.9 Å². The Morgan fingerprint density at radius 1 is 1.12 bits per heavy atom. The van der Waals surface area contributed by atoms with Crippen molar-refractivity contribution in [2.45, 2.75) is 12.5 Å². The SMILES string of the molecule is O=C(NC(COP(O)O)Cc1ccccc1)c1cc2ccccc2s1. The second-order valence-electron chi connectivity index (χ2n) is 5.56. The van der Waals surface area contributed by atoms with Crippen molar-refractivity contribution < 1.29 is 19.1 Å². The summed E-state index contributed by atoms with van der Waals surface area (Å²) in [7, 11) is -2.45. The molecule has 0 aliphatic rings. The van der Waals surface area contributed by atoms with Gasteiger partial charge in [0.25, 0.3) is 5.91 Å². The number of amides is 1. The fourth-order valence-corrected chi connectivity index (χ4v) is 3.84. The third-order valence-corrected chi connectivity index (χ3v) is 5.20. The predicted molar refractivity (Wildman–Crippen MR) is 101 cm³/mol. The summed E-state index contributed by atoms with van der Waals surface area (Å²) in [6, 6.07) is 19.0. The summed E-state index contributed by atoms with van der Waals surface area (Å²) in [5.74, 6) is -0.189. The Balaban J connectivity index is 1.72. The van der Waals surface area contributed by atoms with Crippen molar-refractivity contribution in [3.63, 3.8) is 0 Å². The lowest BCUT2D eigenvalue weighted by Gasteiger charge is -2.18. The maximum atomic E-state index is 12.6. The molecular weight excluding hydrogens is 357 g/mol. The van der Waals surface area contributed by atoms with E-state index in [-0.39, 0.29) is 18.6 Å². The van der Waals surface area contributed by atoms with Crippen LogP contribution in [0, 0.1) is 0 Å². The molecule has 0 saturated carbocycles. The van der Waals surface area contributed by atoms with Gasteiger partial charge in [-0.3, -0.25) is 4.79 Å². The van der Waals surface area contributed by atoms with E-state index in [1.54, 1.807) is 0 Å². The van der Waals surface area contributed by atoms with Crippen LogP contribution in [0.15, 0.2) is 60.7 Å². The fraction of sp³-hybridized carbons (Fsp3) is 0.167. The van der Waals surface area contributed by atoms with Gasteiger partial charge in [-0.15, -0.1) is 11.3 Å². The molecule has 25 heavy (non-hydrogen) atoms. The summed E-state index contributed by atoms with van der Waals surface area (Å²) < 4.78 is 5.99. The summed E-state index contributed by atoms with van der Waals surface area (Å²) in [5, 5.41) is 3.96. The molecule has 3 rings (SSSR count). The van der Waals surface area contributed by atoms with Gasteiger partial charge in [-0.05, 0) is 29.5 Å². The van der Waals surface area contributed by atoms with E-state index >= 15 is 0 Å². The van der Waals surface area contributed by atoms with Gasteiger partial charge in [-0.2, -0.15) is 0 Å². The first-order chi connectivity index (χ1) is 12.1. The third kappa shape index (κ3) is 5.08. The highest BCUT2D eigenvalue weighted by Gasteiger charge is 2.18. The molecule has 2 aromatic carbocycles. The highest BCUT2D eigenvalue weighted by atomic mass is 32.1. The van der Waals surface area contributed by atoms with Crippen LogP contribution in [0.25, 0.3) is 10.1 Å². The number of hydrogen-bond acceptors (Lipinski definition) is 5. The molecule has 0 aliphatic carbocycles. The van der Waals surface area contributed by atoms with E-state index < -0.39 is 8.60 Å². The smallest absolute Gasteiger partial charge is 0.327 e.